The van der Waals surface area contributed by atoms with Crippen molar-refractivity contribution in [3.8, 4) is 11.5 Å². The van der Waals surface area contributed by atoms with Gasteiger partial charge in [0, 0.05) is 41.9 Å². The SMILES string of the molecule is CCN(CC)C(=O)c1ccc2c(c1)Oc1c(C)cccc1C2=C1CC2CCC(C1)N2. The topological polar surface area (TPSA) is 41.6 Å². The van der Waals surface area contributed by atoms with E-state index in [-0.39, 0.29) is 5.91 Å². The third-order valence-electron chi connectivity index (χ3n) is 6.92. The van der Waals surface area contributed by atoms with Gasteiger partial charge in [0.15, 0.2) is 0 Å². The maximum Gasteiger partial charge on any atom is 0.253 e. The van der Waals surface area contributed by atoms with Crippen molar-refractivity contribution in [2.24, 2.45) is 0 Å². The molecule has 0 saturated carbocycles. The van der Waals surface area contributed by atoms with Crippen molar-refractivity contribution in [3.05, 3.63) is 64.2 Å². The van der Waals surface area contributed by atoms with Crippen molar-refractivity contribution in [1.29, 1.82) is 0 Å². The molecule has 156 valence electrons. The molecule has 2 aromatic rings. The molecule has 1 N–H and O–H groups in total. The number of amides is 1. The predicted octanol–water partition coefficient (Wildman–Crippen LogP) is 5.30. The van der Waals surface area contributed by atoms with Crippen molar-refractivity contribution in [3.63, 3.8) is 0 Å². The zero-order valence-corrected chi connectivity index (χ0v) is 18.1. The van der Waals surface area contributed by atoms with Gasteiger partial charge in [-0.15, -0.1) is 0 Å². The lowest BCUT2D eigenvalue weighted by atomic mass is 9.83. The fraction of sp³-hybridized carbons (Fsp3) is 0.423. The molecular formula is C26H30N2O2. The summed E-state index contributed by atoms with van der Waals surface area (Å²) >= 11 is 0. The van der Waals surface area contributed by atoms with Gasteiger partial charge in [0.05, 0.1) is 0 Å². The van der Waals surface area contributed by atoms with Crippen LogP contribution in [0.5, 0.6) is 11.5 Å². The van der Waals surface area contributed by atoms with Gasteiger partial charge in [-0.25, -0.2) is 0 Å². The number of rotatable bonds is 3. The lowest BCUT2D eigenvalue weighted by Gasteiger charge is -2.31. The molecule has 3 aliphatic rings. The first kappa shape index (κ1) is 19.4. The highest BCUT2D eigenvalue weighted by atomic mass is 16.5. The molecule has 2 saturated heterocycles. The van der Waals surface area contributed by atoms with Crippen LogP contribution >= 0.6 is 0 Å². The van der Waals surface area contributed by atoms with E-state index in [4.69, 9.17) is 4.74 Å². The van der Waals surface area contributed by atoms with E-state index in [1.165, 1.54) is 29.6 Å². The monoisotopic (exact) mass is 402 g/mol. The maximum atomic E-state index is 12.9. The van der Waals surface area contributed by atoms with Gasteiger partial charge < -0.3 is 15.0 Å². The normalized spacial score (nSPS) is 21.7. The highest BCUT2D eigenvalue weighted by Crippen LogP contribution is 2.49. The van der Waals surface area contributed by atoms with Crippen molar-refractivity contribution in [1.82, 2.24) is 10.2 Å². The molecular weight excluding hydrogens is 372 g/mol. The van der Waals surface area contributed by atoms with Gasteiger partial charge in [0.2, 0.25) is 0 Å². The molecule has 4 nitrogen and oxygen atoms in total. The van der Waals surface area contributed by atoms with Crippen LogP contribution in [0.1, 0.15) is 66.6 Å². The first-order chi connectivity index (χ1) is 14.6. The second kappa shape index (κ2) is 7.59. The van der Waals surface area contributed by atoms with Crippen LogP contribution in [0.25, 0.3) is 5.57 Å². The summed E-state index contributed by atoms with van der Waals surface area (Å²) in [6.45, 7) is 7.55. The van der Waals surface area contributed by atoms with Gasteiger partial charge in [-0.1, -0.05) is 23.8 Å². The number of benzene rings is 2. The number of para-hydroxylation sites is 1. The molecule has 2 bridgehead atoms. The van der Waals surface area contributed by atoms with Crippen LogP contribution in [0.3, 0.4) is 0 Å². The average Bonchev–Trinajstić information content (AvgIpc) is 3.10. The van der Waals surface area contributed by atoms with E-state index in [9.17, 15) is 4.79 Å². The molecule has 4 heteroatoms. The molecule has 2 fully saturated rings. The van der Waals surface area contributed by atoms with E-state index >= 15 is 0 Å². The Morgan fingerprint density at radius 3 is 2.50 bits per heavy atom. The summed E-state index contributed by atoms with van der Waals surface area (Å²) in [5.41, 5.74) is 7.01. The average molecular weight is 403 g/mol. The Hall–Kier alpha value is -2.59. The van der Waals surface area contributed by atoms with E-state index in [0.717, 1.165) is 35.5 Å². The number of nitrogens with zero attached hydrogens (tertiary/aromatic N) is 1. The van der Waals surface area contributed by atoms with Crippen LogP contribution in [-0.2, 0) is 0 Å². The van der Waals surface area contributed by atoms with Crippen molar-refractivity contribution in [2.75, 3.05) is 13.1 Å². The summed E-state index contributed by atoms with van der Waals surface area (Å²) < 4.78 is 6.42. The van der Waals surface area contributed by atoms with Crippen LogP contribution < -0.4 is 10.1 Å². The summed E-state index contributed by atoms with van der Waals surface area (Å²) in [5.74, 6) is 1.81. The van der Waals surface area contributed by atoms with Gasteiger partial charge in [0.1, 0.15) is 11.5 Å². The fourth-order valence-corrected chi connectivity index (χ4v) is 5.37. The summed E-state index contributed by atoms with van der Waals surface area (Å²) in [5, 5.41) is 3.75. The molecule has 0 aliphatic carbocycles. The molecule has 0 radical (unpaired) electrons. The Labute approximate surface area is 178 Å². The van der Waals surface area contributed by atoms with Crippen LogP contribution in [0.2, 0.25) is 0 Å². The third kappa shape index (κ3) is 3.14. The standard InChI is InChI=1S/C26H30N2O2/c1-4-28(5-2)26(29)17-9-12-21-23(15-17)30-25-16(3)7-6-8-22(25)24(21)18-13-19-10-11-20(14-18)27-19/h6-9,12,15,19-20,27H,4-5,10-11,13-14H2,1-3H3. The van der Waals surface area contributed by atoms with E-state index in [0.29, 0.717) is 30.7 Å². The highest BCUT2D eigenvalue weighted by molar-refractivity contribution is 5.97. The van der Waals surface area contributed by atoms with E-state index in [1.807, 2.05) is 30.9 Å². The molecule has 5 rings (SSSR count). The zero-order valence-electron chi connectivity index (χ0n) is 18.1. The zero-order chi connectivity index (χ0) is 20.8. The smallest absolute Gasteiger partial charge is 0.253 e. The van der Waals surface area contributed by atoms with Crippen molar-refractivity contribution >= 4 is 11.5 Å². The number of ether oxygens (including phenoxy) is 1. The lowest BCUT2D eigenvalue weighted by Crippen LogP contribution is -2.35. The van der Waals surface area contributed by atoms with Gasteiger partial charge in [-0.3, -0.25) is 4.79 Å². The van der Waals surface area contributed by atoms with E-state index in [1.54, 1.807) is 0 Å². The number of piperidine rings is 1. The Morgan fingerprint density at radius 1 is 1.07 bits per heavy atom. The van der Waals surface area contributed by atoms with E-state index < -0.39 is 0 Å². The van der Waals surface area contributed by atoms with Crippen LogP contribution in [-0.4, -0.2) is 36.0 Å². The summed E-state index contributed by atoms with van der Waals surface area (Å²) in [6.07, 6.45) is 4.73. The lowest BCUT2D eigenvalue weighted by molar-refractivity contribution is 0.0772. The van der Waals surface area contributed by atoms with Crippen LogP contribution in [0.15, 0.2) is 42.0 Å². The maximum absolute atomic E-state index is 12.9. The first-order valence-corrected chi connectivity index (χ1v) is 11.3. The number of hydrogen-bond donors (Lipinski definition) is 1. The Balaban J connectivity index is 1.65. The summed E-state index contributed by atoms with van der Waals surface area (Å²) in [4.78, 5) is 14.8. The molecule has 2 aromatic carbocycles. The molecule has 3 heterocycles. The minimum atomic E-state index is 0.0658. The van der Waals surface area contributed by atoms with Gasteiger partial charge in [0.25, 0.3) is 5.91 Å². The fourth-order valence-electron chi connectivity index (χ4n) is 5.37. The second-order valence-corrected chi connectivity index (χ2v) is 8.77. The number of carbonyl (C=O) groups is 1. The van der Waals surface area contributed by atoms with Crippen molar-refractivity contribution < 1.29 is 9.53 Å². The molecule has 2 atom stereocenters. The van der Waals surface area contributed by atoms with Gasteiger partial charge >= 0.3 is 0 Å². The highest BCUT2D eigenvalue weighted by Gasteiger charge is 2.34. The predicted molar refractivity (Wildman–Crippen MR) is 120 cm³/mol. The first-order valence-electron chi connectivity index (χ1n) is 11.3. The number of fused-ring (bicyclic) bond motifs is 4. The number of carbonyl (C=O) groups excluding carboxylic acids is 1. The van der Waals surface area contributed by atoms with Crippen molar-refractivity contribution in [2.45, 2.75) is 58.5 Å². The number of aryl methyl sites for hydroxylation is 1. The molecule has 3 aliphatic heterocycles. The summed E-state index contributed by atoms with van der Waals surface area (Å²) in [6, 6.07) is 13.6. The summed E-state index contributed by atoms with van der Waals surface area (Å²) in [7, 11) is 0. The molecule has 1 amide bonds. The van der Waals surface area contributed by atoms with Gasteiger partial charge in [-0.05, 0) is 75.8 Å². The largest absolute Gasteiger partial charge is 0.456 e. The Kier molecular flexibility index (Phi) is 4.90. The third-order valence-corrected chi connectivity index (χ3v) is 6.92. The minimum absolute atomic E-state index is 0.0658. The molecule has 30 heavy (non-hydrogen) atoms. The Bertz CT molecular complexity index is 1020. The molecule has 2 unspecified atom stereocenters. The Morgan fingerprint density at radius 2 is 1.80 bits per heavy atom. The van der Waals surface area contributed by atoms with Crippen LogP contribution in [0, 0.1) is 6.92 Å². The molecule has 0 aromatic heterocycles. The second-order valence-electron chi connectivity index (χ2n) is 8.77. The van der Waals surface area contributed by atoms with Gasteiger partial charge in [-0.2, -0.15) is 0 Å². The molecule has 0 spiro atoms. The number of nitrogens with one attached hydrogen (secondary N) is 1. The number of hydrogen-bond acceptors (Lipinski definition) is 3. The van der Waals surface area contributed by atoms with Crippen LogP contribution in [0.4, 0.5) is 0 Å². The minimum Gasteiger partial charge on any atom is -0.456 e. The van der Waals surface area contributed by atoms with E-state index in [2.05, 4.69) is 36.5 Å². The quantitative estimate of drug-likeness (QED) is 0.646.